The fraction of sp³-hybridized carbons (Fsp3) is 0.714. The fourth-order valence-corrected chi connectivity index (χ4v) is 2.99. The molecule has 0 bridgehead atoms. The van der Waals surface area contributed by atoms with E-state index in [1.165, 1.54) is 16.7 Å². The maximum atomic E-state index is 5.57. The van der Waals surface area contributed by atoms with E-state index in [4.69, 9.17) is 17.2 Å². The molecule has 0 radical (unpaired) electrons. The van der Waals surface area contributed by atoms with E-state index in [0.717, 1.165) is 97.7 Å². The van der Waals surface area contributed by atoms with Gasteiger partial charge in [-0.05, 0) is 94.7 Å². The predicted octanol–water partition coefficient (Wildman–Crippen LogP) is -0.0185. The molecule has 0 saturated heterocycles. The average molecular weight is 394 g/mol. The van der Waals surface area contributed by atoms with Crippen molar-refractivity contribution >= 4 is 0 Å². The summed E-state index contributed by atoms with van der Waals surface area (Å²) in [4.78, 5) is 0. The van der Waals surface area contributed by atoms with E-state index in [0.29, 0.717) is 0 Å². The summed E-state index contributed by atoms with van der Waals surface area (Å²) in [7, 11) is 0. The number of nitrogens with one attached hydrogen (secondary N) is 4. The Morgan fingerprint density at radius 2 is 0.786 bits per heavy atom. The standard InChI is InChI=1S/C21H43N7/c22-5-1-8-25-11-4-12-28-18-21-14-19(16-26-9-2-6-23)13-20(15-21)17-27-10-3-7-24/h13-15,25-28H,1-12,16-18,22-24H2. The molecule has 10 N–H and O–H groups in total. The lowest BCUT2D eigenvalue weighted by Gasteiger charge is -2.13. The summed E-state index contributed by atoms with van der Waals surface area (Å²) in [5.41, 5.74) is 20.6. The first-order valence-corrected chi connectivity index (χ1v) is 10.8. The summed E-state index contributed by atoms with van der Waals surface area (Å²) in [6.45, 7) is 9.86. The molecule has 7 nitrogen and oxygen atoms in total. The molecule has 0 aromatic heterocycles. The molecule has 28 heavy (non-hydrogen) atoms. The van der Waals surface area contributed by atoms with Crippen molar-refractivity contribution in [3.05, 3.63) is 34.9 Å². The Morgan fingerprint density at radius 1 is 0.464 bits per heavy atom. The summed E-state index contributed by atoms with van der Waals surface area (Å²) in [5.74, 6) is 0. The van der Waals surface area contributed by atoms with E-state index >= 15 is 0 Å². The van der Waals surface area contributed by atoms with Crippen LogP contribution in [0.25, 0.3) is 0 Å². The molecule has 1 aromatic rings. The van der Waals surface area contributed by atoms with Crippen molar-refractivity contribution in [3.63, 3.8) is 0 Å². The molecule has 0 fully saturated rings. The van der Waals surface area contributed by atoms with Crippen LogP contribution in [-0.4, -0.2) is 52.4 Å². The fourth-order valence-electron chi connectivity index (χ4n) is 2.99. The average Bonchev–Trinajstić information content (AvgIpc) is 2.70. The van der Waals surface area contributed by atoms with Crippen LogP contribution in [0.15, 0.2) is 18.2 Å². The minimum absolute atomic E-state index is 0.731. The predicted molar refractivity (Wildman–Crippen MR) is 120 cm³/mol. The van der Waals surface area contributed by atoms with Crippen LogP contribution in [0.4, 0.5) is 0 Å². The molecule has 0 aliphatic rings. The molecule has 0 aliphatic heterocycles. The van der Waals surface area contributed by atoms with Crippen molar-refractivity contribution in [2.24, 2.45) is 17.2 Å². The van der Waals surface area contributed by atoms with Gasteiger partial charge in [0.25, 0.3) is 0 Å². The quantitative estimate of drug-likeness (QED) is 0.165. The molecular weight excluding hydrogens is 350 g/mol. The maximum absolute atomic E-state index is 5.57. The lowest BCUT2D eigenvalue weighted by Crippen LogP contribution is -2.24. The minimum atomic E-state index is 0.731. The van der Waals surface area contributed by atoms with Crippen LogP contribution in [-0.2, 0) is 19.6 Å². The Labute approximate surface area is 171 Å². The summed E-state index contributed by atoms with van der Waals surface area (Å²) in [6.07, 6.45) is 4.18. The normalized spacial score (nSPS) is 11.2. The van der Waals surface area contributed by atoms with Gasteiger partial charge in [-0.3, -0.25) is 0 Å². The summed E-state index contributed by atoms with van der Waals surface area (Å²) >= 11 is 0. The highest BCUT2D eigenvalue weighted by molar-refractivity contribution is 5.30. The van der Waals surface area contributed by atoms with Gasteiger partial charge in [0.1, 0.15) is 0 Å². The van der Waals surface area contributed by atoms with Crippen LogP contribution in [0.2, 0.25) is 0 Å². The van der Waals surface area contributed by atoms with Gasteiger partial charge < -0.3 is 38.5 Å². The Hall–Kier alpha value is -1.06. The summed E-state index contributed by atoms with van der Waals surface area (Å²) in [5, 5.41) is 13.9. The van der Waals surface area contributed by atoms with Gasteiger partial charge in [-0.15, -0.1) is 0 Å². The summed E-state index contributed by atoms with van der Waals surface area (Å²) < 4.78 is 0. The molecule has 162 valence electrons. The van der Waals surface area contributed by atoms with Crippen LogP contribution < -0.4 is 38.5 Å². The monoisotopic (exact) mass is 393 g/mol. The van der Waals surface area contributed by atoms with Gasteiger partial charge in [-0.1, -0.05) is 18.2 Å². The number of nitrogens with two attached hydrogens (primary N) is 3. The third kappa shape index (κ3) is 13.2. The van der Waals surface area contributed by atoms with Gasteiger partial charge in [0.05, 0.1) is 0 Å². The summed E-state index contributed by atoms with van der Waals surface area (Å²) in [6, 6.07) is 6.88. The molecule has 0 atom stereocenters. The number of hydrogen-bond acceptors (Lipinski definition) is 7. The third-order valence-electron chi connectivity index (χ3n) is 4.48. The molecule has 7 heteroatoms. The molecule has 0 spiro atoms. The Balaban J connectivity index is 2.44. The smallest absolute Gasteiger partial charge is 0.0205 e. The van der Waals surface area contributed by atoms with Crippen LogP contribution in [0, 0.1) is 0 Å². The highest BCUT2D eigenvalue weighted by Gasteiger charge is 2.02. The van der Waals surface area contributed by atoms with E-state index in [9.17, 15) is 0 Å². The molecular formula is C21H43N7. The van der Waals surface area contributed by atoms with Gasteiger partial charge in [0, 0.05) is 19.6 Å². The molecule has 1 rings (SSSR count). The van der Waals surface area contributed by atoms with Crippen LogP contribution in [0.5, 0.6) is 0 Å². The second-order valence-corrected chi connectivity index (χ2v) is 7.22. The van der Waals surface area contributed by atoms with Gasteiger partial charge >= 0.3 is 0 Å². The first-order chi connectivity index (χ1) is 13.8. The zero-order chi connectivity index (χ0) is 20.3. The van der Waals surface area contributed by atoms with Crippen molar-refractivity contribution in [3.8, 4) is 0 Å². The SMILES string of the molecule is NCCCNCCCNCc1cc(CNCCCN)cc(CNCCCN)c1. The second kappa shape index (κ2) is 18.0. The van der Waals surface area contributed by atoms with Gasteiger partial charge in [-0.2, -0.15) is 0 Å². The van der Waals surface area contributed by atoms with E-state index < -0.39 is 0 Å². The number of benzene rings is 1. The van der Waals surface area contributed by atoms with Crippen molar-refractivity contribution in [2.45, 2.75) is 45.3 Å². The first-order valence-electron chi connectivity index (χ1n) is 10.8. The maximum Gasteiger partial charge on any atom is 0.0205 e. The highest BCUT2D eigenvalue weighted by Crippen LogP contribution is 2.11. The Kier molecular flexibility index (Phi) is 16.1. The number of hydrogen-bond donors (Lipinski definition) is 7. The molecule has 0 amide bonds. The van der Waals surface area contributed by atoms with Gasteiger partial charge in [0.15, 0.2) is 0 Å². The Morgan fingerprint density at radius 3 is 1.18 bits per heavy atom. The highest BCUT2D eigenvalue weighted by atomic mass is 14.9. The van der Waals surface area contributed by atoms with E-state index in [1.807, 2.05) is 0 Å². The molecule has 0 aliphatic carbocycles. The van der Waals surface area contributed by atoms with E-state index in [1.54, 1.807) is 0 Å². The lowest BCUT2D eigenvalue weighted by atomic mass is 10.0. The minimum Gasteiger partial charge on any atom is -0.330 e. The van der Waals surface area contributed by atoms with Crippen LogP contribution in [0.3, 0.4) is 0 Å². The number of rotatable bonds is 19. The van der Waals surface area contributed by atoms with Crippen LogP contribution >= 0.6 is 0 Å². The molecule has 0 unspecified atom stereocenters. The van der Waals surface area contributed by atoms with E-state index in [2.05, 4.69) is 39.5 Å². The molecule has 0 saturated carbocycles. The van der Waals surface area contributed by atoms with Gasteiger partial charge in [-0.25, -0.2) is 0 Å². The first kappa shape index (κ1) is 25.0. The Bertz CT molecular complexity index is 452. The molecule has 0 heterocycles. The van der Waals surface area contributed by atoms with E-state index in [-0.39, 0.29) is 0 Å². The molecule has 1 aromatic carbocycles. The largest absolute Gasteiger partial charge is 0.330 e. The van der Waals surface area contributed by atoms with Crippen molar-refractivity contribution in [2.75, 3.05) is 52.4 Å². The zero-order valence-electron chi connectivity index (χ0n) is 17.6. The zero-order valence-corrected chi connectivity index (χ0v) is 17.6. The van der Waals surface area contributed by atoms with Crippen molar-refractivity contribution in [1.82, 2.24) is 21.3 Å². The lowest BCUT2D eigenvalue weighted by molar-refractivity contribution is 0.585. The third-order valence-corrected chi connectivity index (χ3v) is 4.48. The second-order valence-electron chi connectivity index (χ2n) is 7.22. The van der Waals surface area contributed by atoms with Crippen LogP contribution in [0.1, 0.15) is 42.4 Å². The van der Waals surface area contributed by atoms with Crippen molar-refractivity contribution in [1.29, 1.82) is 0 Å². The van der Waals surface area contributed by atoms with Crippen molar-refractivity contribution < 1.29 is 0 Å². The topological polar surface area (TPSA) is 126 Å². The van der Waals surface area contributed by atoms with Gasteiger partial charge in [0.2, 0.25) is 0 Å².